The highest BCUT2D eigenvalue weighted by Crippen LogP contribution is 2.61. The van der Waals surface area contributed by atoms with Gasteiger partial charge in [-0.05, 0) is 30.4 Å². The summed E-state index contributed by atoms with van der Waals surface area (Å²) in [5.41, 5.74) is -2.01. The van der Waals surface area contributed by atoms with E-state index in [0.29, 0.717) is 23.4 Å². The van der Waals surface area contributed by atoms with Crippen LogP contribution in [0.25, 0.3) is 0 Å². The van der Waals surface area contributed by atoms with Crippen LogP contribution >= 0.6 is 0 Å². The number of aliphatic hydroxyl groups is 2. The fourth-order valence-electron chi connectivity index (χ4n) is 5.32. The van der Waals surface area contributed by atoms with Gasteiger partial charge < -0.3 is 15.1 Å². The molecule has 2 aromatic rings. The Morgan fingerprint density at radius 2 is 1.59 bits per heavy atom. The fourth-order valence-corrected chi connectivity index (χ4v) is 5.32. The first-order valence-electron chi connectivity index (χ1n) is 9.85. The molecule has 2 atom stereocenters. The molecule has 1 aliphatic heterocycles. The quantitative estimate of drug-likeness (QED) is 0.783. The normalized spacial score (nSPS) is 29.8. The average molecular weight is 389 g/mol. The van der Waals surface area contributed by atoms with Crippen LogP contribution in [0.4, 0.5) is 5.69 Å². The molecule has 0 saturated heterocycles. The first-order valence-corrected chi connectivity index (χ1v) is 9.85. The Hall–Kier alpha value is -2.76. The van der Waals surface area contributed by atoms with Gasteiger partial charge in [-0.2, -0.15) is 0 Å². The standard InChI is InChI=1S/C24H23NO4/c1-14-8-4-7-11-17(14)25-18-12-22(2,3)13-19(26)20(18)23(28)21(27)15-9-5-6-10-16(15)24(23,25)29/h4-11,28-29H,12-13H2,1-3H3/t23-,24+/m0/s1. The van der Waals surface area contributed by atoms with E-state index in [2.05, 4.69) is 0 Å². The predicted molar refractivity (Wildman–Crippen MR) is 108 cm³/mol. The van der Waals surface area contributed by atoms with Gasteiger partial charge in [0.1, 0.15) is 0 Å². The van der Waals surface area contributed by atoms with Gasteiger partial charge in [0.05, 0.1) is 5.57 Å². The molecule has 0 aromatic heterocycles. The Bertz CT molecular complexity index is 1130. The summed E-state index contributed by atoms with van der Waals surface area (Å²) in [5.74, 6) is -0.901. The lowest BCUT2D eigenvalue weighted by molar-refractivity contribution is -0.124. The third-order valence-corrected chi connectivity index (χ3v) is 6.54. The lowest BCUT2D eigenvalue weighted by Gasteiger charge is -2.41. The Balaban J connectivity index is 1.89. The van der Waals surface area contributed by atoms with Crippen LogP contribution in [0.5, 0.6) is 0 Å². The van der Waals surface area contributed by atoms with Gasteiger partial charge in [-0.3, -0.25) is 9.59 Å². The largest absolute Gasteiger partial charge is 0.372 e. The highest BCUT2D eigenvalue weighted by atomic mass is 16.4. The van der Waals surface area contributed by atoms with Gasteiger partial charge in [0.25, 0.3) is 0 Å². The average Bonchev–Trinajstić information content (AvgIpc) is 2.96. The van der Waals surface area contributed by atoms with E-state index < -0.39 is 17.1 Å². The molecule has 5 heteroatoms. The first-order chi connectivity index (χ1) is 13.6. The fraction of sp³-hybridized carbons (Fsp3) is 0.333. The third kappa shape index (κ3) is 2.02. The van der Waals surface area contributed by atoms with Crippen molar-refractivity contribution in [1.29, 1.82) is 0 Å². The maximum Gasteiger partial charge on any atom is 0.211 e. The maximum atomic E-state index is 13.4. The zero-order valence-electron chi connectivity index (χ0n) is 16.7. The summed E-state index contributed by atoms with van der Waals surface area (Å²) in [6.07, 6.45) is 0.692. The molecule has 2 N–H and O–H groups in total. The Labute approximate surface area is 169 Å². The second kappa shape index (κ2) is 5.43. The number of para-hydroxylation sites is 1. The van der Waals surface area contributed by atoms with E-state index in [-0.39, 0.29) is 28.8 Å². The van der Waals surface area contributed by atoms with E-state index in [0.717, 1.165) is 5.56 Å². The van der Waals surface area contributed by atoms with Crippen LogP contribution in [0.1, 0.15) is 48.2 Å². The molecule has 5 rings (SSSR count). The highest BCUT2D eigenvalue weighted by Gasteiger charge is 2.74. The predicted octanol–water partition coefficient (Wildman–Crippen LogP) is 3.23. The number of Topliss-reactive ketones (excluding diaryl/α,β-unsaturated/α-hetero) is 2. The minimum Gasteiger partial charge on any atom is -0.372 e. The van der Waals surface area contributed by atoms with Crippen molar-refractivity contribution < 1.29 is 19.8 Å². The van der Waals surface area contributed by atoms with E-state index in [1.165, 1.54) is 0 Å². The number of carbonyl (C=O) groups is 2. The second-order valence-corrected chi connectivity index (χ2v) is 9.14. The summed E-state index contributed by atoms with van der Waals surface area (Å²) in [7, 11) is 0. The van der Waals surface area contributed by atoms with E-state index in [9.17, 15) is 19.8 Å². The minimum absolute atomic E-state index is 0.0452. The number of allylic oxidation sites excluding steroid dienone is 1. The van der Waals surface area contributed by atoms with Crippen LogP contribution in [0.15, 0.2) is 59.8 Å². The van der Waals surface area contributed by atoms with Crippen molar-refractivity contribution in [2.75, 3.05) is 4.90 Å². The van der Waals surface area contributed by atoms with E-state index in [4.69, 9.17) is 0 Å². The van der Waals surface area contributed by atoms with Crippen molar-refractivity contribution in [2.45, 2.75) is 44.9 Å². The number of nitrogens with zero attached hydrogens (tertiary/aromatic N) is 1. The van der Waals surface area contributed by atoms with Gasteiger partial charge in [-0.25, -0.2) is 0 Å². The zero-order valence-corrected chi connectivity index (χ0v) is 16.7. The molecule has 0 spiro atoms. The molecule has 0 bridgehead atoms. The Morgan fingerprint density at radius 3 is 2.31 bits per heavy atom. The molecule has 2 aromatic carbocycles. The Morgan fingerprint density at radius 1 is 0.931 bits per heavy atom. The number of hydrogen-bond donors (Lipinski definition) is 2. The first kappa shape index (κ1) is 18.3. The van der Waals surface area contributed by atoms with E-state index in [1.807, 2.05) is 45.0 Å². The lowest BCUT2D eigenvalue weighted by Crippen LogP contribution is -2.58. The van der Waals surface area contributed by atoms with Crippen molar-refractivity contribution in [2.24, 2.45) is 5.41 Å². The summed E-state index contributed by atoms with van der Waals surface area (Å²) in [5, 5.41) is 23.9. The van der Waals surface area contributed by atoms with E-state index in [1.54, 1.807) is 29.2 Å². The molecule has 2 aliphatic carbocycles. The Kier molecular flexibility index (Phi) is 3.43. The summed E-state index contributed by atoms with van der Waals surface area (Å²) in [6, 6.07) is 14.2. The molecule has 1 heterocycles. The molecule has 0 unspecified atom stereocenters. The van der Waals surface area contributed by atoms with Gasteiger partial charge >= 0.3 is 0 Å². The van der Waals surface area contributed by atoms with Crippen molar-refractivity contribution in [1.82, 2.24) is 0 Å². The summed E-state index contributed by atoms with van der Waals surface area (Å²) < 4.78 is 0. The van der Waals surface area contributed by atoms with Crippen LogP contribution in [-0.2, 0) is 10.5 Å². The van der Waals surface area contributed by atoms with Crippen LogP contribution in [0, 0.1) is 12.3 Å². The summed E-state index contributed by atoms with van der Waals surface area (Å²) in [4.78, 5) is 28.3. The lowest BCUT2D eigenvalue weighted by atomic mass is 9.72. The second-order valence-electron chi connectivity index (χ2n) is 9.14. The molecule has 29 heavy (non-hydrogen) atoms. The number of rotatable bonds is 1. The van der Waals surface area contributed by atoms with Crippen LogP contribution in [-0.4, -0.2) is 27.4 Å². The minimum atomic E-state index is -2.32. The molecule has 0 radical (unpaired) electrons. The van der Waals surface area contributed by atoms with Crippen molar-refractivity contribution >= 4 is 17.3 Å². The van der Waals surface area contributed by atoms with Gasteiger partial charge in [0.2, 0.25) is 17.1 Å². The highest BCUT2D eigenvalue weighted by molar-refractivity contribution is 6.19. The van der Waals surface area contributed by atoms with Crippen LogP contribution in [0.2, 0.25) is 0 Å². The van der Waals surface area contributed by atoms with Crippen molar-refractivity contribution in [3.63, 3.8) is 0 Å². The molecule has 0 amide bonds. The van der Waals surface area contributed by atoms with Gasteiger partial charge in [0.15, 0.2) is 5.78 Å². The topological polar surface area (TPSA) is 77.8 Å². The monoisotopic (exact) mass is 389 g/mol. The number of carbonyl (C=O) groups excluding carboxylic acids is 2. The molecule has 3 aliphatic rings. The van der Waals surface area contributed by atoms with Gasteiger partial charge in [-0.15, -0.1) is 0 Å². The number of fused-ring (bicyclic) bond motifs is 4. The number of ketones is 2. The molecular formula is C24H23NO4. The van der Waals surface area contributed by atoms with Crippen molar-refractivity contribution in [3.05, 3.63) is 76.5 Å². The van der Waals surface area contributed by atoms with E-state index >= 15 is 0 Å². The number of hydrogen-bond acceptors (Lipinski definition) is 5. The molecule has 5 nitrogen and oxygen atoms in total. The third-order valence-electron chi connectivity index (χ3n) is 6.54. The number of benzene rings is 2. The number of aryl methyl sites for hydroxylation is 1. The molecular weight excluding hydrogens is 366 g/mol. The van der Waals surface area contributed by atoms with Gasteiger partial charge in [-0.1, -0.05) is 56.3 Å². The maximum absolute atomic E-state index is 13.4. The van der Waals surface area contributed by atoms with Crippen molar-refractivity contribution in [3.8, 4) is 0 Å². The summed E-state index contributed by atoms with van der Waals surface area (Å²) in [6.45, 7) is 5.89. The van der Waals surface area contributed by atoms with Gasteiger partial charge in [0, 0.05) is 28.9 Å². The molecule has 0 saturated carbocycles. The van der Waals surface area contributed by atoms with Crippen LogP contribution < -0.4 is 4.90 Å². The summed E-state index contributed by atoms with van der Waals surface area (Å²) >= 11 is 0. The number of anilines is 1. The molecule has 148 valence electrons. The zero-order chi connectivity index (χ0) is 20.8. The smallest absolute Gasteiger partial charge is 0.211 e. The van der Waals surface area contributed by atoms with Crippen LogP contribution in [0.3, 0.4) is 0 Å². The SMILES string of the molecule is Cc1ccccc1N1C2=C(C(=O)CC(C)(C)C2)[C@]2(O)C(=O)c3ccccc3[C@]12O. The molecule has 0 fully saturated rings.